The number of carbonyl (C=O) groups excluding carboxylic acids is 2. The number of nitrogens with two attached hydrogens (primary N) is 1. The molecule has 0 saturated heterocycles. The third kappa shape index (κ3) is 5.67. The summed E-state index contributed by atoms with van der Waals surface area (Å²) in [6.45, 7) is 3.79. The minimum Gasteiger partial charge on any atom is -0.465 e. The van der Waals surface area contributed by atoms with E-state index < -0.39 is 24.1 Å². The lowest BCUT2D eigenvalue weighted by atomic mass is 10.1. The molecule has 0 aromatic carbocycles. The monoisotopic (exact) mass is 233 g/mol. The van der Waals surface area contributed by atoms with Gasteiger partial charge in [0.1, 0.15) is 6.04 Å². The smallest absolute Gasteiger partial charge is 0.334 e. The van der Waals surface area contributed by atoms with Crippen LogP contribution in [0.1, 0.15) is 26.7 Å². The van der Waals surface area contributed by atoms with Crippen molar-refractivity contribution in [1.29, 1.82) is 0 Å². The molecule has 0 rings (SSSR count). The Morgan fingerprint density at radius 3 is 2.12 bits per heavy atom. The van der Waals surface area contributed by atoms with Crippen molar-refractivity contribution < 1.29 is 24.2 Å². The Morgan fingerprint density at radius 1 is 1.12 bits per heavy atom. The van der Waals surface area contributed by atoms with Gasteiger partial charge >= 0.3 is 11.9 Å². The van der Waals surface area contributed by atoms with Crippen molar-refractivity contribution in [2.75, 3.05) is 13.2 Å². The second-order valence-corrected chi connectivity index (χ2v) is 3.20. The van der Waals surface area contributed by atoms with Gasteiger partial charge in [0, 0.05) is 0 Å². The van der Waals surface area contributed by atoms with Crippen molar-refractivity contribution in [2.24, 2.45) is 5.73 Å². The van der Waals surface area contributed by atoms with Crippen LogP contribution in [-0.4, -0.2) is 42.4 Å². The molecule has 0 heterocycles. The van der Waals surface area contributed by atoms with Gasteiger partial charge in [-0.15, -0.1) is 0 Å². The zero-order valence-electron chi connectivity index (χ0n) is 9.64. The van der Waals surface area contributed by atoms with Crippen molar-refractivity contribution in [2.45, 2.75) is 38.8 Å². The molecule has 2 unspecified atom stereocenters. The predicted octanol–water partition coefficient (Wildman–Crippen LogP) is -0.419. The molecule has 2 atom stereocenters. The molecule has 0 radical (unpaired) electrons. The second-order valence-electron chi connectivity index (χ2n) is 3.20. The molecule has 0 bridgehead atoms. The number of carbonyl (C=O) groups is 2. The van der Waals surface area contributed by atoms with E-state index in [-0.39, 0.29) is 26.1 Å². The number of hydrogen-bond acceptors (Lipinski definition) is 6. The van der Waals surface area contributed by atoms with Crippen LogP contribution in [0.15, 0.2) is 0 Å². The molecule has 0 aromatic rings. The van der Waals surface area contributed by atoms with Crippen LogP contribution in [-0.2, 0) is 19.1 Å². The summed E-state index contributed by atoms with van der Waals surface area (Å²) in [5.74, 6) is -1.22. The average Bonchev–Trinajstić information content (AvgIpc) is 2.25. The first kappa shape index (κ1) is 14.9. The van der Waals surface area contributed by atoms with E-state index in [4.69, 9.17) is 5.73 Å². The molecule has 0 aliphatic rings. The number of rotatable bonds is 7. The van der Waals surface area contributed by atoms with Crippen LogP contribution in [0.3, 0.4) is 0 Å². The molecule has 0 aliphatic carbocycles. The predicted molar refractivity (Wildman–Crippen MR) is 56.5 cm³/mol. The van der Waals surface area contributed by atoms with Crippen LogP contribution in [0.25, 0.3) is 0 Å². The highest BCUT2D eigenvalue weighted by Crippen LogP contribution is 2.03. The van der Waals surface area contributed by atoms with Crippen molar-refractivity contribution >= 4 is 11.9 Å². The summed E-state index contributed by atoms with van der Waals surface area (Å²) < 4.78 is 9.28. The van der Waals surface area contributed by atoms with Gasteiger partial charge in [-0.05, 0) is 26.7 Å². The van der Waals surface area contributed by atoms with Gasteiger partial charge < -0.3 is 20.3 Å². The highest BCUT2D eigenvalue weighted by atomic mass is 16.5. The largest absolute Gasteiger partial charge is 0.465 e. The standard InChI is InChI=1S/C10H19NO5/c1-3-15-9(13)7(11)5-6-8(12)10(14)16-4-2/h7-8,12H,3-6,11H2,1-2H3. The van der Waals surface area contributed by atoms with Crippen molar-refractivity contribution in [3.63, 3.8) is 0 Å². The first-order valence-corrected chi connectivity index (χ1v) is 5.29. The van der Waals surface area contributed by atoms with E-state index in [0.717, 1.165) is 0 Å². The molecule has 3 N–H and O–H groups in total. The summed E-state index contributed by atoms with van der Waals surface area (Å²) in [4.78, 5) is 22.1. The average molecular weight is 233 g/mol. The van der Waals surface area contributed by atoms with E-state index in [1.54, 1.807) is 13.8 Å². The lowest BCUT2D eigenvalue weighted by Crippen LogP contribution is -2.34. The molecule has 0 saturated carbocycles. The molecule has 0 aliphatic heterocycles. The van der Waals surface area contributed by atoms with Crippen LogP contribution >= 0.6 is 0 Å². The van der Waals surface area contributed by atoms with Crippen LogP contribution in [0.4, 0.5) is 0 Å². The third-order valence-electron chi connectivity index (χ3n) is 1.90. The Morgan fingerprint density at radius 2 is 1.62 bits per heavy atom. The Kier molecular flexibility index (Phi) is 7.49. The fraction of sp³-hybridized carbons (Fsp3) is 0.800. The third-order valence-corrected chi connectivity index (χ3v) is 1.90. The molecule has 16 heavy (non-hydrogen) atoms. The second kappa shape index (κ2) is 8.06. The maximum absolute atomic E-state index is 11.1. The highest BCUT2D eigenvalue weighted by Gasteiger charge is 2.20. The van der Waals surface area contributed by atoms with E-state index >= 15 is 0 Å². The molecule has 0 aromatic heterocycles. The van der Waals surface area contributed by atoms with Gasteiger partial charge in [0.15, 0.2) is 6.10 Å². The number of hydrogen-bond donors (Lipinski definition) is 2. The van der Waals surface area contributed by atoms with Crippen molar-refractivity contribution in [3.05, 3.63) is 0 Å². The van der Waals surface area contributed by atoms with Gasteiger partial charge in [0.05, 0.1) is 13.2 Å². The quantitative estimate of drug-likeness (QED) is 0.579. The van der Waals surface area contributed by atoms with Gasteiger partial charge in [0.2, 0.25) is 0 Å². The van der Waals surface area contributed by atoms with E-state index in [0.29, 0.717) is 0 Å². The summed E-state index contributed by atoms with van der Waals surface area (Å²) in [5, 5.41) is 9.33. The fourth-order valence-corrected chi connectivity index (χ4v) is 1.06. The zero-order valence-corrected chi connectivity index (χ0v) is 9.64. The number of aliphatic hydroxyl groups excluding tert-OH is 1. The van der Waals surface area contributed by atoms with Gasteiger partial charge in [-0.3, -0.25) is 4.79 Å². The number of esters is 2. The van der Waals surface area contributed by atoms with Crippen LogP contribution < -0.4 is 5.73 Å². The number of ether oxygens (including phenoxy) is 2. The van der Waals surface area contributed by atoms with Gasteiger partial charge in [0.25, 0.3) is 0 Å². The van der Waals surface area contributed by atoms with Crippen molar-refractivity contribution in [3.8, 4) is 0 Å². The summed E-state index contributed by atoms with van der Waals surface area (Å²) in [7, 11) is 0. The molecule has 0 fully saturated rings. The highest BCUT2D eigenvalue weighted by molar-refractivity contribution is 5.76. The molecule has 6 heteroatoms. The van der Waals surface area contributed by atoms with Crippen molar-refractivity contribution in [1.82, 2.24) is 0 Å². The first-order chi connectivity index (χ1) is 7.52. The first-order valence-electron chi connectivity index (χ1n) is 5.29. The normalized spacial score (nSPS) is 14.0. The van der Waals surface area contributed by atoms with E-state index in [1.807, 2.05) is 0 Å². The Bertz CT molecular complexity index is 207. The SMILES string of the molecule is CCOC(=O)C(N)CCC(O)C(=O)OCC. The maximum Gasteiger partial charge on any atom is 0.334 e. The van der Waals surface area contributed by atoms with Crippen LogP contribution in [0, 0.1) is 0 Å². The fourth-order valence-electron chi connectivity index (χ4n) is 1.06. The van der Waals surface area contributed by atoms with Crippen LogP contribution in [0.5, 0.6) is 0 Å². The minimum absolute atomic E-state index is 0.0822. The summed E-state index contributed by atoms with van der Waals surface area (Å²) in [6.07, 6.45) is -0.974. The van der Waals surface area contributed by atoms with Gasteiger partial charge in [-0.2, -0.15) is 0 Å². The summed E-state index contributed by atoms with van der Waals surface area (Å²) in [5.41, 5.74) is 5.49. The maximum atomic E-state index is 11.1. The van der Waals surface area contributed by atoms with E-state index in [1.165, 1.54) is 0 Å². The summed E-state index contributed by atoms with van der Waals surface area (Å²) in [6, 6.07) is -0.816. The lowest BCUT2D eigenvalue weighted by molar-refractivity contribution is -0.154. The van der Waals surface area contributed by atoms with Gasteiger partial charge in [-0.1, -0.05) is 0 Å². The Hall–Kier alpha value is -1.14. The molecule has 0 amide bonds. The summed E-state index contributed by atoms with van der Waals surface area (Å²) >= 11 is 0. The Labute approximate surface area is 94.7 Å². The molecule has 94 valence electrons. The molecular weight excluding hydrogens is 214 g/mol. The molecular formula is C10H19NO5. The zero-order chi connectivity index (χ0) is 12.6. The van der Waals surface area contributed by atoms with Gasteiger partial charge in [-0.25, -0.2) is 4.79 Å². The molecule has 0 spiro atoms. The van der Waals surface area contributed by atoms with Crippen LogP contribution in [0.2, 0.25) is 0 Å². The number of aliphatic hydroxyl groups is 1. The molecule has 6 nitrogen and oxygen atoms in total. The van der Waals surface area contributed by atoms with E-state index in [2.05, 4.69) is 9.47 Å². The topological polar surface area (TPSA) is 98.9 Å². The van der Waals surface area contributed by atoms with E-state index in [9.17, 15) is 14.7 Å². The lowest BCUT2D eigenvalue weighted by Gasteiger charge is -2.13. The Balaban J connectivity index is 3.86. The minimum atomic E-state index is -1.24.